The molecule has 1 atom stereocenters. The van der Waals surface area contributed by atoms with Crippen molar-refractivity contribution < 1.29 is 4.79 Å². The van der Waals surface area contributed by atoms with Crippen LogP contribution in [0.25, 0.3) is 0 Å². The van der Waals surface area contributed by atoms with Crippen LogP contribution in [0.15, 0.2) is 4.99 Å². The SMILES string of the molecule is CCCN1CCC(CNC(=NC)NC2CCN(C(=O)C3CCCCC3)C2)CC1. The van der Waals surface area contributed by atoms with Crippen molar-refractivity contribution in [2.24, 2.45) is 16.8 Å². The minimum Gasteiger partial charge on any atom is -0.356 e. The summed E-state index contributed by atoms with van der Waals surface area (Å²) < 4.78 is 0. The number of rotatable bonds is 6. The Balaban J connectivity index is 1.36. The second-order valence-electron chi connectivity index (χ2n) is 8.99. The number of amides is 1. The molecule has 2 saturated heterocycles. The van der Waals surface area contributed by atoms with Gasteiger partial charge in [-0.25, -0.2) is 0 Å². The molecule has 1 amide bonds. The van der Waals surface area contributed by atoms with E-state index in [2.05, 4.69) is 32.3 Å². The van der Waals surface area contributed by atoms with Crippen LogP contribution in [0.5, 0.6) is 0 Å². The van der Waals surface area contributed by atoms with Gasteiger partial charge in [0.2, 0.25) is 5.91 Å². The molecule has 6 heteroatoms. The number of likely N-dealkylation sites (tertiary alicyclic amines) is 2. The zero-order valence-corrected chi connectivity index (χ0v) is 18.1. The van der Waals surface area contributed by atoms with Crippen LogP contribution < -0.4 is 10.6 Å². The van der Waals surface area contributed by atoms with Crippen LogP contribution in [0.4, 0.5) is 0 Å². The first-order valence-corrected chi connectivity index (χ1v) is 11.7. The van der Waals surface area contributed by atoms with Crippen molar-refractivity contribution in [2.75, 3.05) is 46.3 Å². The van der Waals surface area contributed by atoms with E-state index in [1.807, 2.05) is 7.05 Å². The third-order valence-electron chi connectivity index (χ3n) is 6.82. The van der Waals surface area contributed by atoms with Gasteiger partial charge in [0.1, 0.15) is 0 Å². The lowest BCUT2D eigenvalue weighted by Gasteiger charge is -2.32. The summed E-state index contributed by atoms with van der Waals surface area (Å²) >= 11 is 0. The Morgan fingerprint density at radius 1 is 1.04 bits per heavy atom. The summed E-state index contributed by atoms with van der Waals surface area (Å²) in [5.74, 6) is 2.31. The summed E-state index contributed by atoms with van der Waals surface area (Å²) in [4.78, 5) is 21.8. The van der Waals surface area contributed by atoms with Crippen LogP contribution in [-0.4, -0.2) is 74.0 Å². The van der Waals surface area contributed by atoms with E-state index in [9.17, 15) is 4.79 Å². The van der Waals surface area contributed by atoms with Crippen molar-refractivity contribution in [3.05, 3.63) is 0 Å². The first-order valence-electron chi connectivity index (χ1n) is 11.7. The fraction of sp³-hybridized carbons (Fsp3) is 0.909. The van der Waals surface area contributed by atoms with Crippen LogP contribution in [0.1, 0.15) is 64.7 Å². The summed E-state index contributed by atoms with van der Waals surface area (Å²) in [6.07, 6.45) is 10.7. The van der Waals surface area contributed by atoms with Gasteiger partial charge in [-0.05, 0) is 64.1 Å². The first-order chi connectivity index (χ1) is 13.7. The van der Waals surface area contributed by atoms with E-state index in [0.717, 1.165) is 50.8 Å². The second-order valence-corrected chi connectivity index (χ2v) is 8.99. The van der Waals surface area contributed by atoms with Crippen molar-refractivity contribution in [3.8, 4) is 0 Å². The first kappa shape index (κ1) is 21.4. The molecule has 3 rings (SSSR count). The Morgan fingerprint density at radius 3 is 2.46 bits per heavy atom. The number of piperidine rings is 1. The average Bonchev–Trinajstić information content (AvgIpc) is 3.21. The van der Waals surface area contributed by atoms with E-state index in [4.69, 9.17) is 0 Å². The van der Waals surface area contributed by atoms with Gasteiger partial charge >= 0.3 is 0 Å². The molecule has 3 aliphatic rings. The summed E-state index contributed by atoms with van der Waals surface area (Å²) in [5, 5.41) is 7.09. The molecule has 2 N–H and O–H groups in total. The van der Waals surface area contributed by atoms with Crippen LogP contribution in [0, 0.1) is 11.8 Å². The van der Waals surface area contributed by atoms with E-state index in [-0.39, 0.29) is 5.92 Å². The van der Waals surface area contributed by atoms with E-state index in [1.54, 1.807) is 0 Å². The highest BCUT2D eigenvalue weighted by atomic mass is 16.2. The zero-order valence-electron chi connectivity index (χ0n) is 18.1. The van der Waals surface area contributed by atoms with Gasteiger partial charge in [-0.3, -0.25) is 9.79 Å². The maximum absolute atomic E-state index is 12.8. The lowest BCUT2D eigenvalue weighted by atomic mass is 9.88. The Labute approximate surface area is 171 Å². The Hall–Kier alpha value is -1.30. The summed E-state index contributed by atoms with van der Waals surface area (Å²) in [5.41, 5.74) is 0. The molecule has 3 fully saturated rings. The average molecular weight is 392 g/mol. The predicted molar refractivity (Wildman–Crippen MR) is 116 cm³/mol. The number of nitrogens with zero attached hydrogens (tertiary/aromatic N) is 3. The molecule has 1 saturated carbocycles. The van der Waals surface area contributed by atoms with Crippen molar-refractivity contribution in [2.45, 2.75) is 70.8 Å². The van der Waals surface area contributed by atoms with Gasteiger partial charge in [0.05, 0.1) is 0 Å². The maximum atomic E-state index is 12.8. The molecule has 0 aromatic rings. The monoisotopic (exact) mass is 391 g/mol. The Morgan fingerprint density at radius 2 is 1.79 bits per heavy atom. The standard InChI is InChI=1S/C22H41N5O/c1-3-12-26-13-9-18(10-14-26)16-24-22(23-2)25-20-11-15-27(17-20)21(28)19-7-5-4-6-8-19/h18-20H,3-17H2,1-2H3,(H2,23,24,25). The molecule has 1 unspecified atom stereocenters. The van der Waals surface area contributed by atoms with E-state index in [1.165, 1.54) is 58.2 Å². The van der Waals surface area contributed by atoms with Crippen LogP contribution in [0.3, 0.4) is 0 Å². The number of hydrogen-bond acceptors (Lipinski definition) is 3. The van der Waals surface area contributed by atoms with E-state index in [0.29, 0.717) is 11.9 Å². The molecular formula is C22H41N5O. The number of carbonyl (C=O) groups is 1. The molecule has 2 heterocycles. The molecule has 0 radical (unpaired) electrons. The number of guanidine groups is 1. The van der Waals surface area contributed by atoms with Gasteiger partial charge in [-0.2, -0.15) is 0 Å². The Kier molecular flexibility index (Phi) is 8.44. The summed E-state index contributed by atoms with van der Waals surface area (Å²) in [7, 11) is 1.85. The fourth-order valence-electron chi connectivity index (χ4n) is 5.05. The number of aliphatic imine (C=N–C) groups is 1. The molecule has 6 nitrogen and oxygen atoms in total. The van der Waals surface area contributed by atoms with Crippen LogP contribution >= 0.6 is 0 Å². The van der Waals surface area contributed by atoms with Gasteiger partial charge in [0, 0.05) is 38.6 Å². The third kappa shape index (κ3) is 6.10. The van der Waals surface area contributed by atoms with E-state index < -0.39 is 0 Å². The highest BCUT2D eigenvalue weighted by Gasteiger charge is 2.31. The van der Waals surface area contributed by atoms with Gasteiger partial charge in [-0.15, -0.1) is 0 Å². The van der Waals surface area contributed by atoms with Crippen LogP contribution in [-0.2, 0) is 4.79 Å². The topological polar surface area (TPSA) is 60.0 Å². The molecule has 2 aliphatic heterocycles. The smallest absolute Gasteiger partial charge is 0.225 e. The van der Waals surface area contributed by atoms with Crippen molar-refractivity contribution in [1.29, 1.82) is 0 Å². The van der Waals surface area contributed by atoms with Gasteiger partial charge in [-0.1, -0.05) is 26.2 Å². The number of hydrogen-bond donors (Lipinski definition) is 2. The number of carbonyl (C=O) groups excluding carboxylic acids is 1. The van der Waals surface area contributed by atoms with Crippen molar-refractivity contribution in [3.63, 3.8) is 0 Å². The van der Waals surface area contributed by atoms with Crippen molar-refractivity contribution >= 4 is 11.9 Å². The highest BCUT2D eigenvalue weighted by Crippen LogP contribution is 2.26. The van der Waals surface area contributed by atoms with Crippen molar-refractivity contribution in [1.82, 2.24) is 20.4 Å². The van der Waals surface area contributed by atoms with Gasteiger partial charge in [0.15, 0.2) is 5.96 Å². The molecule has 1 aliphatic carbocycles. The van der Waals surface area contributed by atoms with E-state index >= 15 is 0 Å². The van der Waals surface area contributed by atoms with Gasteiger partial charge in [0.25, 0.3) is 0 Å². The van der Waals surface area contributed by atoms with Crippen LogP contribution in [0.2, 0.25) is 0 Å². The molecule has 28 heavy (non-hydrogen) atoms. The minimum atomic E-state index is 0.281. The summed E-state index contributed by atoms with van der Waals surface area (Å²) in [6.45, 7) is 8.67. The maximum Gasteiger partial charge on any atom is 0.225 e. The largest absolute Gasteiger partial charge is 0.356 e. The molecule has 160 valence electrons. The van der Waals surface area contributed by atoms with Gasteiger partial charge < -0.3 is 20.4 Å². The normalized spacial score (nSPS) is 25.9. The molecule has 0 aromatic heterocycles. The number of nitrogens with one attached hydrogen (secondary N) is 2. The molecular weight excluding hydrogens is 350 g/mol. The minimum absolute atomic E-state index is 0.281. The zero-order chi connectivity index (χ0) is 19.8. The molecule has 0 bridgehead atoms. The molecule has 0 spiro atoms. The predicted octanol–water partition coefficient (Wildman–Crippen LogP) is 2.45. The summed E-state index contributed by atoms with van der Waals surface area (Å²) in [6, 6.07) is 0.324. The Bertz CT molecular complexity index is 509. The molecule has 0 aromatic carbocycles. The lowest BCUT2D eigenvalue weighted by molar-refractivity contribution is -0.135. The fourth-order valence-corrected chi connectivity index (χ4v) is 5.05. The highest BCUT2D eigenvalue weighted by molar-refractivity contribution is 5.81. The third-order valence-corrected chi connectivity index (χ3v) is 6.82. The lowest BCUT2D eigenvalue weighted by Crippen LogP contribution is -2.47. The second kappa shape index (κ2) is 11.0. The quantitative estimate of drug-likeness (QED) is 0.539.